The van der Waals surface area contributed by atoms with Crippen molar-refractivity contribution in [2.45, 2.75) is 13.0 Å². The van der Waals surface area contributed by atoms with Gasteiger partial charge in [0.2, 0.25) is 0 Å². The van der Waals surface area contributed by atoms with Crippen molar-refractivity contribution in [3.63, 3.8) is 0 Å². The molecule has 0 aliphatic rings. The van der Waals surface area contributed by atoms with Crippen molar-refractivity contribution in [1.29, 1.82) is 0 Å². The summed E-state index contributed by atoms with van der Waals surface area (Å²) in [6.45, 7) is 0.642. The molecule has 0 unspecified atom stereocenters. The quantitative estimate of drug-likeness (QED) is 0.564. The Morgan fingerprint density at radius 1 is 0.759 bits per heavy atom. The van der Waals surface area contributed by atoms with Crippen molar-refractivity contribution in [2.24, 2.45) is 5.73 Å². The van der Waals surface area contributed by atoms with Crippen LogP contribution >= 0.6 is 0 Å². The summed E-state index contributed by atoms with van der Waals surface area (Å²) in [5.74, 6) is 0.167. The highest BCUT2D eigenvalue weighted by molar-refractivity contribution is 5.68. The lowest BCUT2D eigenvalue weighted by Gasteiger charge is -2.15. The molecule has 4 nitrogen and oxygen atoms in total. The molecule has 0 saturated carbocycles. The first kappa shape index (κ1) is 20.5. The average molecular weight is 403 g/mol. The maximum Gasteiger partial charge on any atom is 0.573 e. The van der Waals surface area contributed by atoms with Gasteiger partial charge in [0.15, 0.2) is 11.5 Å². The highest BCUT2D eigenvalue weighted by Crippen LogP contribution is 2.36. The Bertz CT molecular complexity index is 930. The number of nitrogens with two attached hydrogens (primary N) is 1. The fourth-order valence-electron chi connectivity index (χ4n) is 2.69. The minimum Gasteiger partial charge on any atom is -0.489 e. The standard InChI is InChI=1S/C22H20F3NO3/c23-22(24,25)29-21-14-18(9-10-20(21)27-12-11-26)17-7-4-8-19(13-17)28-15-16-5-2-1-3-6-16/h1-10,13-14H,11-12,15,26H2. The molecule has 0 aliphatic carbocycles. The monoisotopic (exact) mass is 403 g/mol. The molecule has 0 bridgehead atoms. The fraction of sp³-hybridized carbons (Fsp3) is 0.182. The largest absolute Gasteiger partial charge is 0.573 e. The van der Waals surface area contributed by atoms with E-state index in [0.717, 1.165) is 5.56 Å². The molecular weight excluding hydrogens is 383 g/mol. The molecular formula is C22H20F3NO3. The lowest BCUT2D eigenvalue weighted by Crippen LogP contribution is -2.18. The van der Waals surface area contributed by atoms with Gasteiger partial charge in [0.25, 0.3) is 0 Å². The Hall–Kier alpha value is -3.19. The van der Waals surface area contributed by atoms with E-state index in [-0.39, 0.29) is 18.9 Å². The molecule has 29 heavy (non-hydrogen) atoms. The summed E-state index contributed by atoms with van der Waals surface area (Å²) in [4.78, 5) is 0. The molecule has 3 rings (SSSR count). The lowest BCUT2D eigenvalue weighted by molar-refractivity contribution is -0.275. The van der Waals surface area contributed by atoms with Gasteiger partial charge in [-0.25, -0.2) is 0 Å². The number of hydrogen-bond acceptors (Lipinski definition) is 4. The maximum absolute atomic E-state index is 12.8. The minimum atomic E-state index is -4.83. The molecule has 3 aromatic carbocycles. The van der Waals surface area contributed by atoms with Crippen LogP contribution in [-0.2, 0) is 6.61 Å². The van der Waals surface area contributed by atoms with E-state index < -0.39 is 12.1 Å². The molecule has 0 heterocycles. The first-order valence-corrected chi connectivity index (χ1v) is 8.94. The third-order valence-electron chi connectivity index (χ3n) is 3.96. The zero-order valence-corrected chi connectivity index (χ0v) is 15.5. The second-order valence-corrected chi connectivity index (χ2v) is 6.15. The van der Waals surface area contributed by atoms with Crippen LogP contribution in [0, 0.1) is 0 Å². The van der Waals surface area contributed by atoms with Gasteiger partial charge in [-0.3, -0.25) is 0 Å². The van der Waals surface area contributed by atoms with Crippen LogP contribution < -0.4 is 19.9 Å². The van der Waals surface area contributed by atoms with Crippen molar-refractivity contribution in [3.8, 4) is 28.4 Å². The Morgan fingerprint density at radius 3 is 2.24 bits per heavy atom. The first-order chi connectivity index (χ1) is 13.9. The zero-order valence-electron chi connectivity index (χ0n) is 15.5. The summed E-state index contributed by atoms with van der Waals surface area (Å²) in [6.07, 6.45) is -4.83. The highest BCUT2D eigenvalue weighted by Gasteiger charge is 2.32. The molecule has 0 atom stereocenters. The predicted molar refractivity (Wildman–Crippen MR) is 104 cm³/mol. The smallest absolute Gasteiger partial charge is 0.489 e. The van der Waals surface area contributed by atoms with Crippen molar-refractivity contribution in [1.82, 2.24) is 0 Å². The molecule has 0 radical (unpaired) electrons. The van der Waals surface area contributed by atoms with Crippen LogP contribution in [0.25, 0.3) is 11.1 Å². The zero-order chi connectivity index (χ0) is 20.7. The van der Waals surface area contributed by atoms with E-state index in [0.29, 0.717) is 23.5 Å². The molecule has 0 aromatic heterocycles. The topological polar surface area (TPSA) is 53.7 Å². The summed E-state index contributed by atoms with van der Waals surface area (Å²) in [5.41, 5.74) is 7.60. The van der Waals surface area contributed by atoms with E-state index in [9.17, 15) is 13.2 Å². The van der Waals surface area contributed by atoms with E-state index in [2.05, 4.69) is 4.74 Å². The third-order valence-corrected chi connectivity index (χ3v) is 3.96. The number of halogens is 3. The van der Waals surface area contributed by atoms with E-state index in [1.807, 2.05) is 30.3 Å². The van der Waals surface area contributed by atoms with Gasteiger partial charge in [0.05, 0.1) is 0 Å². The second kappa shape index (κ2) is 9.34. The first-order valence-electron chi connectivity index (χ1n) is 8.94. The van der Waals surface area contributed by atoms with Crippen molar-refractivity contribution >= 4 is 0 Å². The Labute approximate surface area is 166 Å². The van der Waals surface area contributed by atoms with E-state index >= 15 is 0 Å². The molecule has 3 aromatic rings. The van der Waals surface area contributed by atoms with Crippen molar-refractivity contribution < 1.29 is 27.4 Å². The normalized spacial score (nSPS) is 11.2. The SMILES string of the molecule is NCCOc1ccc(-c2cccc(OCc3ccccc3)c2)cc1OC(F)(F)F. The van der Waals surface area contributed by atoms with Crippen LogP contribution in [0.4, 0.5) is 13.2 Å². The number of benzene rings is 3. The van der Waals surface area contributed by atoms with Gasteiger partial charge >= 0.3 is 6.36 Å². The fourth-order valence-corrected chi connectivity index (χ4v) is 2.69. The Kier molecular flexibility index (Phi) is 6.61. The minimum absolute atomic E-state index is 0.0204. The summed E-state index contributed by atoms with van der Waals surface area (Å²) in [5, 5.41) is 0. The molecule has 7 heteroatoms. The van der Waals surface area contributed by atoms with Gasteiger partial charge in [-0.2, -0.15) is 0 Å². The van der Waals surface area contributed by atoms with Crippen LogP contribution in [0.5, 0.6) is 17.2 Å². The number of hydrogen-bond donors (Lipinski definition) is 1. The molecule has 152 valence electrons. The van der Waals surface area contributed by atoms with Gasteiger partial charge in [0, 0.05) is 6.54 Å². The Morgan fingerprint density at radius 2 is 1.52 bits per heavy atom. The van der Waals surface area contributed by atoms with Crippen LogP contribution in [-0.4, -0.2) is 19.5 Å². The summed E-state index contributed by atoms with van der Waals surface area (Å²) >= 11 is 0. The van der Waals surface area contributed by atoms with Gasteiger partial charge < -0.3 is 19.9 Å². The summed E-state index contributed by atoms with van der Waals surface area (Å²) in [7, 11) is 0. The van der Waals surface area contributed by atoms with Crippen LogP contribution in [0.2, 0.25) is 0 Å². The van der Waals surface area contributed by atoms with Gasteiger partial charge in [0.1, 0.15) is 19.0 Å². The lowest BCUT2D eigenvalue weighted by atomic mass is 10.0. The van der Waals surface area contributed by atoms with Gasteiger partial charge in [-0.15, -0.1) is 13.2 Å². The molecule has 0 amide bonds. The number of alkyl halides is 3. The Balaban J connectivity index is 1.82. The maximum atomic E-state index is 12.8. The second-order valence-electron chi connectivity index (χ2n) is 6.15. The average Bonchev–Trinajstić information content (AvgIpc) is 2.71. The van der Waals surface area contributed by atoms with Crippen LogP contribution in [0.1, 0.15) is 5.56 Å². The molecule has 0 aliphatic heterocycles. The summed E-state index contributed by atoms with van der Waals surface area (Å²) in [6, 6.07) is 21.2. The molecule has 2 N–H and O–H groups in total. The summed E-state index contributed by atoms with van der Waals surface area (Å²) < 4.78 is 53.5. The number of ether oxygens (including phenoxy) is 3. The van der Waals surface area contributed by atoms with Gasteiger partial charge in [-0.1, -0.05) is 48.5 Å². The number of rotatable bonds is 8. The molecule has 0 spiro atoms. The van der Waals surface area contributed by atoms with E-state index in [1.165, 1.54) is 12.1 Å². The molecule has 0 saturated heterocycles. The van der Waals surface area contributed by atoms with Crippen LogP contribution in [0.15, 0.2) is 72.8 Å². The third kappa shape index (κ3) is 6.15. The van der Waals surface area contributed by atoms with Crippen LogP contribution in [0.3, 0.4) is 0 Å². The highest BCUT2D eigenvalue weighted by atomic mass is 19.4. The van der Waals surface area contributed by atoms with Crippen molar-refractivity contribution in [3.05, 3.63) is 78.4 Å². The molecule has 0 fully saturated rings. The predicted octanol–water partition coefficient (Wildman–Crippen LogP) is 5.17. The van der Waals surface area contributed by atoms with Gasteiger partial charge in [-0.05, 0) is 41.0 Å². The van der Waals surface area contributed by atoms with Crippen molar-refractivity contribution in [2.75, 3.05) is 13.2 Å². The van der Waals surface area contributed by atoms with E-state index in [4.69, 9.17) is 15.2 Å². The van der Waals surface area contributed by atoms with E-state index in [1.54, 1.807) is 30.3 Å².